The molecule has 1 unspecified atom stereocenters. The topological polar surface area (TPSA) is 27.3 Å². The maximum atomic E-state index is 13.7. The highest BCUT2D eigenvalue weighted by atomic mass is 79.9. The van der Waals surface area contributed by atoms with Crippen molar-refractivity contribution in [2.75, 3.05) is 31.5 Å². The lowest BCUT2D eigenvalue weighted by Gasteiger charge is -2.30. The van der Waals surface area contributed by atoms with Crippen LogP contribution in [0.25, 0.3) is 0 Å². The predicted molar refractivity (Wildman–Crippen MR) is 97.8 cm³/mol. The molecule has 6 heteroatoms. The second-order valence-corrected chi connectivity index (χ2v) is 7.23. The van der Waals surface area contributed by atoms with E-state index >= 15 is 0 Å². The van der Waals surface area contributed by atoms with Gasteiger partial charge in [0.1, 0.15) is 5.82 Å². The van der Waals surface area contributed by atoms with Gasteiger partial charge in [0.2, 0.25) is 0 Å². The van der Waals surface area contributed by atoms with Crippen molar-refractivity contribution in [3.8, 4) is 0 Å². The quantitative estimate of drug-likeness (QED) is 0.589. The minimum absolute atomic E-state index is 0.319. The van der Waals surface area contributed by atoms with Gasteiger partial charge >= 0.3 is 0 Å². The highest BCUT2D eigenvalue weighted by molar-refractivity contribution is 9.10. The number of nitrogens with zero attached hydrogens (tertiary/aromatic N) is 1. The molecule has 1 saturated heterocycles. The molecule has 1 fully saturated rings. The molecule has 0 aliphatic carbocycles. The Morgan fingerprint density at radius 3 is 3.05 bits per heavy atom. The molecule has 0 bridgehead atoms. The molecule has 0 radical (unpaired) electrons. The number of benzene rings is 1. The Bertz CT molecular complexity index is 512. The predicted octanol–water partition coefficient (Wildman–Crippen LogP) is 4.00. The number of thiocarbonyl (C=S) groups is 1. The lowest BCUT2D eigenvalue weighted by molar-refractivity contribution is 0.182. The third-order valence-electron chi connectivity index (χ3n) is 3.86. The van der Waals surface area contributed by atoms with Crippen LogP contribution in [0, 0.1) is 11.7 Å². The van der Waals surface area contributed by atoms with Crippen LogP contribution in [0.5, 0.6) is 0 Å². The first-order chi connectivity index (χ1) is 10.5. The standard InChI is InChI=1S/C16H23BrFN3S/c1-12-4-2-8-21(11-12)9-3-7-19-16(22)20-15-6-5-13(17)10-14(15)18/h5-6,10,12H,2-4,7-9,11H2,1H3,(H2,19,20,22). The summed E-state index contributed by atoms with van der Waals surface area (Å²) in [7, 11) is 0. The normalized spacial score (nSPS) is 19.0. The molecule has 1 heterocycles. The molecule has 0 spiro atoms. The van der Waals surface area contributed by atoms with E-state index in [0.717, 1.165) is 25.4 Å². The largest absolute Gasteiger partial charge is 0.362 e. The van der Waals surface area contributed by atoms with Crippen LogP contribution in [-0.4, -0.2) is 36.2 Å². The molecule has 1 aromatic carbocycles. The maximum Gasteiger partial charge on any atom is 0.170 e. The lowest BCUT2D eigenvalue weighted by atomic mass is 10.0. The molecule has 22 heavy (non-hydrogen) atoms. The van der Waals surface area contributed by atoms with Gasteiger partial charge in [0, 0.05) is 17.6 Å². The molecule has 0 amide bonds. The van der Waals surface area contributed by atoms with E-state index in [-0.39, 0.29) is 5.82 Å². The molecule has 2 N–H and O–H groups in total. The maximum absolute atomic E-state index is 13.7. The number of nitrogens with one attached hydrogen (secondary N) is 2. The van der Waals surface area contributed by atoms with Crippen LogP contribution in [0.4, 0.5) is 10.1 Å². The summed E-state index contributed by atoms with van der Waals surface area (Å²) in [6, 6.07) is 4.87. The van der Waals surface area contributed by atoms with Gasteiger partial charge in [-0.1, -0.05) is 22.9 Å². The number of likely N-dealkylation sites (tertiary alicyclic amines) is 1. The van der Waals surface area contributed by atoms with E-state index in [1.54, 1.807) is 12.1 Å². The van der Waals surface area contributed by atoms with Gasteiger partial charge in [-0.2, -0.15) is 0 Å². The Hall–Kier alpha value is -0.720. The van der Waals surface area contributed by atoms with Gasteiger partial charge in [-0.05, 0) is 68.7 Å². The van der Waals surface area contributed by atoms with Gasteiger partial charge in [0.15, 0.2) is 5.11 Å². The van der Waals surface area contributed by atoms with Gasteiger partial charge in [0.05, 0.1) is 5.69 Å². The molecule has 0 aromatic heterocycles. The van der Waals surface area contributed by atoms with Crippen molar-refractivity contribution in [2.24, 2.45) is 5.92 Å². The van der Waals surface area contributed by atoms with Gasteiger partial charge < -0.3 is 15.5 Å². The van der Waals surface area contributed by atoms with Gasteiger partial charge in [-0.25, -0.2) is 4.39 Å². The Morgan fingerprint density at radius 1 is 1.50 bits per heavy atom. The average Bonchev–Trinajstić information content (AvgIpc) is 2.47. The SMILES string of the molecule is CC1CCCN(CCCNC(=S)Nc2ccc(Br)cc2F)C1. The van der Waals surface area contributed by atoms with Crippen molar-refractivity contribution in [1.82, 2.24) is 10.2 Å². The summed E-state index contributed by atoms with van der Waals surface area (Å²) < 4.78 is 14.4. The fraction of sp³-hybridized carbons (Fsp3) is 0.562. The van der Waals surface area contributed by atoms with Crippen LogP contribution in [0.1, 0.15) is 26.2 Å². The molecule has 122 valence electrons. The Balaban J connectivity index is 1.65. The zero-order chi connectivity index (χ0) is 15.9. The molecule has 1 atom stereocenters. The highest BCUT2D eigenvalue weighted by Gasteiger charge is 2.15. The van der Waals surface area contributed by atoms with Crippen molar-refractivity contribution < 1.29 is 4.39 Å². The van der Waals surface area contributed by atoms with Crippen molar-refractivity contribution >= 4 is 38.9 Å². The van der Waals surface area contributed by atoms with E-state index in [2.05, 4.69) is 38.4 Å². The third kappa shape index (κ3) is 5.82. The van der Waals surface area contributed by atoms with Gasteiger partial charge in [0.25, 0.3) is 0 Å². The molecule has 1 aliphatic rings. The van der Waals surface area contributed by atoms with Gasteiger partial charge in [-0.15, -0.1) is 0 Å². The first-order valence-electron chi connectivity index (χ1n) is 7.77. The summed E-state index contributed by atoms with van der Waals surface area (Å²) in [5.74, 6) is 0.491. The van der Waals surface area contributed by atoms with E-state index in [1.807, 2.05) is 0 Å². The minimum Gasteiger partial charge on any atom is -0.362 e. The second kappa shape index (κ2) is 8.79. The van der Waals surface area contributed by atoms with Crippen molar-refractivity contribution in [3.05, 3.63) is 28.5 Å². The van der Waals surface area contributed by atoms with Crippen LogP contribution in [-0.2, 0) is 0 Å². The van der Waals surface area contributed by atoms with E-state index in [4.69, 9.17) is 12.2 Å². The third-order valence-corrected chi connectivity index (χ3v) is 4.60. The van der Waals surface area contributed by atoms with E-state index in [0.29, 0.717) is 15.3 Å². The summed E-state index contributed by atoms with van der Waals surface area (Å²) in [6.07, 6.45) is 3.69. The number of rotatable bonds is 5. The summed E-state index contributed by atoms with van der Waals surface area (Å²) in [4.78, 5) is 2.51. The van der Waals surface area contributed by atoms with E-state index in [9.17, 15) is 4.39 Å². The lowest BCUT2D eigenvalue weighted by Crippen LogP contribution is -2.37. The summed E-state index contributed by atoms with van der Waals surface area (Å²) in [5.41, 5.74) is 0.394. The zero-order valence-corrected chi connectivity index (χ0v) is 15.3. The van der Waals surface area contributed by atoms with Crippen LogP contribution in [0.2, 0.25) is 0 Å². The summed E-state index contributed by atoms with van der Waals surface area (Å²) in [5, 5.41) is 6.50. The molecule has 0 saturated carbocycles. The van der Waals surface area contributed by atoms with Crippen LogP contribution in [0.3, 0.4) is 0 Å². The number of anilines is 1. The minimum atomic E-state index is -0.319. The highest BCUT2D eigenvalue weighted by Crippen LogP contribution is 2.19. The molecular weight excluding hydrogens is 365 g/mol. The van der Waals surface area contributed by atoms with Crippen molar-refractivity contribution in [1.29, 1.82) is 0 Å². The molecular formula is C16H23BrFN3S. The van der Waals surface area contributed by atoms with E-state index < -0.39 is 0 Å². The number of hydrogen-bond donors (Lipinski definition) is 2. The average molecular weight is 388 g/mol. The Labute approximate surface area is 145 Å². The second-order valence-electron chi connectivity index (χ2n) is 5.91. The van der Waals surface area contributed by atoms with Crippen LogP contribution in [0.15, 0.2) is 22.7 Å². The van der Waals surface area contributed by atoms with Crippen LogP contribution >= 0.6 is 28.1 Å². The molecule has 1 aromatic rings. The summed E-state index contributed by atoms with van der Waals surface area (Å²) >= 11 is 8.44. The fourth-order valence-corrected chi connectivity index (χ4v) is 3.30. The zero-order valence-electron chi connectivity index (χ0n) is 12.9. The Morgan fingerprint density at radius 2 is 2.32 bits per heavy atom. The van der Waals surface area contributed by atoms with Crippen LogP contribution < -0.4 is 10.6 Å². The Kier molecular flexibility index (Phi) is 7.05. The van der Waals surface area contributed by atoms with E-state index in [1.165, 1.54) is 32.0 Å². The monoisotopic (exact) mass is 387 g/mol. The summed E-state index contributed by atoms with van der Waals surface area (Å²) in [6.45, 7) is 6.61. The van der Waals surface area contributed by atoms with Crippen molar-refractivity contribution in [2.45, 2.75) is 26.2 Å². The first kappa shape index (κ1) is 17.6. The number of piperidine rings is 1. The van der Waals surface area contributed by atoms with Crippen molar-refractivity contribution in [3.63, 3.8) is 0 Å². The smallest absolute Gasteiger partial charge is 0.170 e. The number of halogens is 2. The molecule has 1 aliphatic heterocycles. The molecule has 3 nitrogen and oxygen atoms in total. The molecule has 2 rings (SSSR count). The fourth-order valence-electron chi connectivity index (χ4n) is 2.75. The van der Waals surface area contributed by atoms with Gasteiger partial charge in [-0.3, -0.25) is 0 Å². The first-order valence-corrected chi connectivity index (χ1v) is 8.97. The number of hydrogen-bond acceptors (Lipinski definition) is 2.